The van der Waals surface area contributed by atoms with Crippen LogP contribution in [0.1, 0.15) is 33.4 Å². The minimum Gasteiger partial charge on any atom is -0.458 e. The van der Waals surface area contributed by atoms with Crippen molar-refractivity contribution in [3.05, 3.63) is 45.5 Å². The molecule has 8 aromatic rings. The Morgan fingerprint density at radius 2 is 0.585 bits per heavy atom. The first-order chi connectivity index (χ1) is 38.2. The van der Waals surface area contributed by atoms with Crippen molar-refractivity contribution in [2.24, 2.45) is 0 Å². The van der Waals surface area contributed by atoms with Crippen LogP contribution in [0.25, 0.3) is 33.4 Å². The summed E-state index contributed by atoms with van der Waals surface area (Å²) in [6, 6.07) is 5.11. The third-order valence-electron chi connectivity index (χ3n) is 23.5. The number of hydrogen-bond donors (Lipinski definition) is 0. The highest BCUT2D eigenvalue weighted by molar-refractivity contribution is 6.73. The number of ether oxygens (including phenoxy) is 1. The van der Waals surface area contributed by atoms with Crippen LogP contribution in [0.5, 0.6) is 11.5 Å². The van der Waals surface area contributed by atoms with Gasteiger partial charge in [0.05, 0.1) is 5.41 Å². The molecule has 10 rings (SSSR count). The standard InChI is InChI=1S/C51H66B29NO/c1-5-20(55)17-12(25(60)21(5)56)11-7(3-9(52)22(57)24(11)59)51(17)8-4-10(53)23(58)44(79)49(8)82-50-18(51)33(68)47(43(78)45(50)80)81(46-6(2)19(54)13(30(65)40(46)75)14-26(61)34(69)38(73)35(70)27(14)62)48-41(76)31(66)16(32(67)42(48)77)15-28(63)36(71)39(74)37(72)29(15)64/h3-4H,52-80H2,1-2H3. The molecular weight excluding hydrogens is 956 g/mol. The van der Waals surface area contributed by atoms with Crippen LogP contribution in [-0.2, 0) is 5.41 Å². The number of anilines is 3. The molecule has 0 aromatic heterocycles. The van der Waals surface area contributed by atoms with Crippen LogP contribution in [0, 0.1) is 13.8 Å². The second-order valence-electron chi connectivity index (χ2n) is 26.5. The van der Waals surface area contributed by atoms with Crippen molar-refractivity contribution in [3.63, 3.8) is 0 Å². The van der Waals surface area contributed by atoms with Crippen LogP contribution in [0.3, 0.4) is 0 Å². The molecule has 1 spiro atoms. The summed E-state index contributed by atoms with van der Waals surface area (Å²) >= 11 is 0. The van der Waals surface area contributed by atoms with Crippen molar-refractivity contribution in [3.8, 4) is 44.9 Å². The molecule has 1 unspecified atom stereocenters. The van der Waals surface area contributed by atoms with Gasteiger partial charge in [0.25, 0.3) is 0 Å². The van der Waals surface area contributed by atoms with Crippen molar-refractivity contribution in [1.29, 1.82) is 0 Å². The van der Waals surface area contributed by atoms with E-state index >= 15 is 0 Å². The van der Waals surface area contributed by atoms with E-state index in [0.717, 1.165) is 11.5 Å². The monoisotopic (exact) mass is 1030 g/mol. The van der Waals surface area contributed by atoms with Gasteiger partial charge in [0.1, 0.15) is 239 Å². The van der Waals surface area contributed by atoms with Gasteiger partial charge in [-0.25, -0.2) is 0 Å². The average Bonchev–Trinajstić information content (AvgIpc) is 1.63. The molecule has 0 saturated carbocycles. The van der Waals surface area contributed by atoms with Gasteiger partial charge in [-0.1, -0.05) is 138 Å². The summed E-state index contributed by atoms with van der Waals surface area (Å²) < 4.78 is 7.79. The molecule has 0 amide bonds. The van der Waals surface area contributed by atoms with E-state index in [1.165, 1.54) is 242 Å². The molecule has 2 aliphatic rings. The molecule has 0 saturated heterocycles. The van der Waals surface area contributed by atoms with Crippen LogP contribution in [0.4, 0.5) is 17.1 Å². The molecule has 2 nitrogen and oxygen atoms in total. The van der Waals surface area contributed by atoms with Crippen molar-refractivity contribution in [2.75, 3.05) is 4.90 Å². The number of hydrogen-bond acceptors (Lipinski definition) is 2. The largest absolute Gasteiger partial charge is 0.458 e. The Labute approximate surface area is 518 Å². The SMILES string of the molecule is Bc1cc2c(c(B)c1B)Oc1c(B)c(B)c(N(c3c(B)c(B)c(-c4c(B)c(B)c(B)c(B)c4B)c(B)c3B)c3c(B)c(B)c(-c4c(B)c(B)c(B)c(B)c4B)c(B)c3C)c(B)c1C21c2cc(B)c(B)c(B)c2-c2c(B)c(B)c(C)c(B)c21. The summed E-state index contributed by atoms with van der Waals surface area (Å²) in [6.45, 7) is 4.80. The van der Waals surface area contributed by atoms with Crippen LogP contribution in [0.2, 0.25) is 0 Å². The molecule has 82 heavy (non-hydrogen) atoms. The average molecular weight is 1020 g/mol. The maximum atomic E-state index is 7.79. The molecule has 1 aliphatic carbocycles. The third kappa shape index (κ3) is 7.76. The van der Waals surface area contributed by atoms with Gasteiger partial charge in [-0.3, -0.25) is 0 Å². The lowest BCUT2D eigenvalue weighted by Gasteiger charge is -2.46. The number of benzene rings is 8. The van der Waals surface area contributed by atoms with E-state index in [2.05, 4.69) is 258 Å². The van der Waals surface area contributed by atoms with Crippen LogP contribution < -0.4 is 168 Å². The fourth-order valence-corrected chi connectivity index (χ4v) is 16.3. The molecule has 368 valence electrons. The number of fused-ring (bicyclic) bond motifs is 9. The van der Waals surface area contributed by atoms with E-state index in [9.17, 15) is 0 Å². The minimum absolute atomic E-state index is 0.706. The quantitative estimate of drug-likeness (QED) is 0.159. The van der Waals surface area contributed by atoms with Gasteiger partial charge in [0, 0.05) is 28.2 Å². The smallest absolute Gasteiger partial charge is 0.143 e. The Morgan fingerprint density at radius 3 is 1.05 bits per heavy atom. The second-order valence-corrected chi connectivity index (χ2v) is 26.5. The molecule has 31 heteroatoms. The lowest BCUT2D eigenvalue weighted by Crippen LogP contribution is -2.57. The van der Waals surface area contributed by atoms with E-state index < -0.39 is 5.41 Å². The highest BCUT2D eigenvalue weighted by atomic mass is 16.5. The molecular formula is C51H66B29NO. The molecule has 0 fully saturated rings. The molecule has 1 aliphatic heterocycles. The normalized spacial score (nSPS) is 13.8. The predicted octanol–water partition coefficient (Wildman–Crippen LogP) is -36.9. The molecule has 0 radical (unpaired) electrons. The zero-order chi connectivity index (χ0) is 60.8. The van der Waals surface area contributed by atoms with E-state index in [-0.39, 0.29) is 0 Å². The summed E-state index contributed by atoms with van der Waals surface area (Å²) in [5, 5.41) is 0. The Bertz CT molecular complexity index is 4090. The number of rotatable bonds is 5. The maximum Gasteiger partial charge on any atom is 0.143 e. The number of nitrogens with zero attached hydrogens (tertiary/aromatic N) is 1. The van der Waals surface area contributed by atoms with Gasteiger partial charge in [-0.05, 0) is 63.9 Å². The summed E-state index contributed by atoms with van der Waals surface area (Å²) in [7, 11) is 68.6. The minimum atomic E-state index is -0.706. The summed E-state index contributed by atoms with van der Waals surface area (Å²) in [5.41, 5.74) is 58.3. The zero-order valence-electron chi connectivity index (χ0n) is 56.5. The van der Waals surface area contributed by atoms with Gasteiger partial charge in [0.2, 0.25) is 0 Å². The van der Waals surface area contributed by atoms with Crippen molar-refractivity contribution in [1.82, 2.24) is 0 Å². The van der Waals surface area contributed by atoms with Crippen molar-refractivity contribution in [2.45, 2.75) is 19.3 Å². The molecule has 0 N–H and O–H groups in total. The van der Waals surface area contributed by atoms with E-state index in [4.69, 9.17) is 4.74 Å². The topological polar surface area (TPSA) is 12.5 Å². The van der Waals surface area contributed by atoms with Crippen molar-refractivity contribution >= 4 is 403 Å². The third-order valence-corrected chi connectivity index (χ3v) is 23.5. The lowest BCUT2D eigenvalue weighted by molar-refractivity contribution is 0.446. The van der Waals surface area contributed by atoms with Gasteiger partial charge in [0.15, 0.2) is 0 Å². The maximum absolute atomic E-state index is 7.79. The van der Waals surface area contributed by atoms with Crippen molar-refractivity contribution < 1.29 is 4.74 Å². The zero-order valence-corrected chi connectivity index (χ0v) is 56.5. The predicted molar refractivity (Wildman–Crippen MR) is 456 cm³/mol. The Hall–Kier alpha value is -4.76. The second kappa shape index (κ2) is 20.5. The summed E-state index contributed by atoms with van der Waals surface area (Å²) in [6.07, 6.45) is 0. The van der Waals surface area contributed by atoms with Gasteiger partial charge in [-0.15, -0.1) is 38.2 Å². The summed E-state index contributed by atoms with van der Waals surface area (Å²) in [5.74, 6) is 2.01. The molecule has 1 heterocycles. The first-order valence-electron chi connectivity index (χ1n) is 30.5. The van der Waals surface area contributed by atoms with Gasteiger partial charge >= 0.3 is 0 Å². The van der Waals surface area contributed by atoms with Gasteiger partial charge in [-0.2, -0.15) is 0 Å². The van der Waals surface area contributed by atoms with E-state index in [0.29, 0.717) is 0 Å². The molecule has 8 aromatic carbocycles. The summed E-state index contributed by atoms with van der Waals surface area (Å²) in [4.78, 5) is 2.80. The molecule has 0 bridgehead atoms. The Morgan fingerprint density at radius 1 is 0.256 bits per heavy atom. The van der Waals surface area contributed by atoms with Crippen LogP contribution in [0.15, 0.2) is 12.1 Å². The highest BCUT2D eigenvalue weighted by Gasteiger charge is 2.55. The van der Waals surface area contributed by atoms with Crippen LogP contribution in [-0.4, -0.2) is 228 Å². The van der Waals surface area contributed by atoms with Crippen LogP contribution >= 0.6 is 0 Å². The first-order valence-corrected chi connectivity index (χ1v) is 30.5. The lowest BCUT2D eigenvalue weighted by atomic mass is 9.54. The Balaban J connectivity index is 1.46. The van der Waals surface area contributed by atoms with E-state index in [1.807, 2.05) is 0 Å². The Kier molecular flexibility index (Phi) is 15.1. The fourth-order valence-electron chi connectivity index (χ4n) is 16.3. The molecule has 1 atom stereocenters. The first kappa shape index (κ1) is 60.4. The van der Waals surface area contributed by atoms with Gasteiger partial charge < -0.3 is 9.64 Å². The van der Waals surface area contributed by atoms with E-state index in [1.54, 1.807) is 0 Å². The highest BCUT2D eigenvalue weighted by Crippen LogP contribution is 2.60. The fraction of sp³-hybridized carbons (Fsp3) is 0.0588.